The van der Waals surface area contributed by atoms with Gasteiger partial charge in [0, 0.05) is 23.3 Å². The first kappa shape index (κ1) is 17.8. The van der Waals surface area contributed by atoms with Crippen LogP contribution in [0.1, 0.15) is 10.4 Å². The van der Waals surface area contributed by atoms with Crippen LogP contribution in [-0.4, -0.2) is 15.9 Å². The number of nitrogens with zero attached hydrogens (tertiary/aromatic N) is 2. The lowest BCUT2D eigenvalue weighted by atomic mass is 10.2. The van der Waals surface area contributed by atoms with Crippen LogP contribution in [0, 0.1) is 5.82 Å². The highest BCUT2D eigenvalue weighted by molar-refractivity contribution is 7.14. The number of hydrogen-bond donors (Lipinski definition) is 1. The normalized spacial score (nSPS) is 10.5. The van der Waals surface area contributed by atoms with Crippen LogP contribution in [0.15, 0.2) is 78.3 Å². The van der Waals surface area contributed by atoms with Gasteiger partial charge in [-0.1, -0.05) is 24.3 Å². The summed E-state index contributed by atoms with van der Waals surface area (Å²) in [6.45, 7) is 0. The van der Waals surface area contributed by atoms with Crippen molar-refractivity contribution in [1.82, 2.24) is 9.97 Å². The standard InChI is InChI=1S/C21H14FN3O2S/c22-17-9-2-1-8-16(17)20(26)27-15-7-5-6-14(12-15)24-21-25-19(13-28-21)18-10-3-4-11-23-18/h1-13H,(H,24,25). The van der Waals surface area contributed by atoms with E-state index in [2.05, 4.69) is 15.3 Å². The lowest BCUT2D eigenvalue weighted by molar-refractivity contribution is 0.0730. The van der Waals surface area contributed by atoms with E-state index in [4.69, 9.17) is 4.74 Å². The van der Waals surface area contributed by atoms with Crippen molar-refractivity contribution in [3.05, 3.63) is 89.7 Å². The molecular weight excluding hydrogens is 377 g/mol. The fourth-order valence-electron chi connectivity index (χ4n) is 2.51. The molecule has 0 atom stereocenters. The first-order valence-electron chi connectivity index (χ1n) is 8.40. The molecule has 5 nitrogen and oxygen atoms in total. The van der Waals surface area contributed by atoms with E-state index in [0.29, 0.717) is 16.6 Å². The van der Waals surface area contributed by atoms with Gasteiger partial charge in [0.05, 0.1) is 11.3 Å². The molecule has 2 aromatic carbocycles. The largest absolute Gasteiger partial charge is 0.423 e. The minimum atomic E-state index is -0.748. The van der Waals surface area contributed by atoms with Crippen LogP contribution in [0.5, 0.6) is 5.75 Å². The number of esters is 1. The van der Waals surface area contributed by atoms with E-state index in [0.717, 1.165) is 11.4 Å². The molecule has 0 bridgehead atoms. The summed E-state index contributed by atoms with van der Waals surface area (Å²) in [4.78, 5) is 21.0. The number of hydrogen-bond acceptors (Lipinski definition) is 6. The highest BCUT2D eigenvalue weighted by atomic mass is 32.1. The molecule has 7 heteroatoms. The smallest absolute Gasteiger partial charge is 0.346 e. The number of thiazole rings is 1. The van der Waals surface area contributed by atoms with Gasteiger partial charge in [0.1, 0.15) is 17.3 Å². The second kappa shape index (κ2) is 7.98. The zero-order chi connectivity index (χ0) is 19.3. The average Bonchev–Trinajstić information content (AvgIpc) is 3.18. The number of carbonyl (C=O) groups is 1. The van der Waals surface area contributed by atoms with E-state index in [9.17, 15) is 9.18 Å². The van der Waals surface area contributed by atoms with E-state index in [1.165, 1.54) is 29.5 Å². The molecular formula is C21H14FN3O2S. The van der Waals surface area contributed by atoms with Crippen molar-refractivity contribution in [2.45, 2.75) is 0 Å². The molecule has 0 saturated carbocycles. The topological polar surface area (TPSA) is 64.1 Å². The SMILES string of the molecule is O=C(Oc1cccc(Nc2nc(-c3ccccn3)cs2)c1)c1ccccc1F. The number of anilines is 2. The maximum atomic E-state index is 13.7. The Hall–Kier alpha value is -3.58. The minimum Gasteiger partial charge on any atom is -0.423 e. The Morgan fingerprint density at radius 1 is 1.00 bits per heavy atom. The lowest BCUT2D eigenvalue weighted by Gasteiger charge is -2.07. The van der Waals surface area contributed by atoms with Gasteiger partial charge in [-0.2, -0.15) is 0 Å². The van der Waals surface area contributed by atoms with Gasteiger partial charge < -0.3 is 10.1 Å². The van der Waals surface area contributed by atoms with Crippen molar-refractivity contribution in [3.63, 3.8) is 0 Å². The van der Waals surface area contributed by atoms with Crippen molar-refractivity contribution >= 4 is 28.1 Å². The van der Waals surface area contributed by atoms with Crippen LogP contribution >= 0.6 is 11.3 Å². The van der Waals surface area contributed by atoms with Crippen LogP contribution in [0.3, 0.4) is 0 Å². The molecule has 0 saturated heterocycles. The second-order valence-corrected chi connectivity index (χ2v) is 6.63. The predicted molar refractivity (Wildman–Crippen MR) is 106 cm³/mol. The monoisotopic (exact) mass is 391 g/mol. The van der Waals surface area contributed by atoms with Gasteiger partial charge in [-0.3, -0.25) is 4.98 Å². The molecule has 0 fully saturated rings. The lowest BCUT2D eigenvalue weighted by Crippen LogP contribution is -2.10. The van der Waals surface area contributed by atoms with E-state index in [1.807, 2.05) is 29.6 Å². The average molecular weight is 391 g/mol. The molecule has 28 heavy (non-hydrogen) atoms. The molecule has 2 aromatic heterocycles. The number of ether oxygens (including phenoxy) is 1. The number of carbonyl (C=O) groups excluding carboxylic acids is 1. The van der Waals surface area contributed by atoms with Crippen molar-refractivity contribution in [1.29, 1.82) is 0 Å². The zero-order valence-electron chi connectivity index (χ0n) is 14.5. The number of rotatable bonds is 5. The molecule has 0 spiro atoms. The molecule has 138 valence electrons. The number of halogens is 1. The Morgan fingerprint density at radius 2 is 1.86 bits per heavy atom. The van der Waals surface area contributed by atoms with Gasteiger partial charge in [0.15, 0.2) is 5.13 Å². The summed E-state index contributed by atoms with van der Waals surface area (Å²) in [6.07, 6.45) is 1.72. The van der Waals surface area contributed by atoms with Crippen molar-refractivity contribution < 1.29 is 13.9 Å². The summed E-state index contributed by atoms with van der Waals surface area (Å²) in [5, 5.41) is 5.76. The van der Waals surface area contributed by atoms with Crippen LogP contribution in [0.4, 0.5) is 15.2 Å². The first-order chi connectivity index (χ1) is 13.7. The summed E-state index contributed by atoms with van der Waals surface area (Å²) in [5.41, 5.74) is 2.15. The van der Waals surface area contributed by atoms with Gasteiger partial charge in [0.2, 0.25) is 0 Å². The Morgan fingerprint density at radius 3 is 2.68 bits per heavy atom. The third-order valence-electron chi connectivity index (χ3n) is 3.82. The maximum Gasteiger partial charge on any atom is 0.346 e. The Kier molecular flexibility index (Phi) is 5.07. The molecule has 0 aliphatic rings. The molecule has 0 amide bonds. The Labute approximate surface area is 164 Å². The highest BCUT2D eigenvalue weighted by Gasteiger charge is 2.13. The molecule has 4 rings (SSSR count). The fourth-order valence-corrected chi connectivity index (χ4v) is 3.24. The molecule has 0 unspecified atom stereocenters. The predicted octanol–water partition coefficient (Wildman–Crippen LogP) is 5.31. The van der Waals surface area contributed by atoms with Crippen molar-refractivity contribution in [3.8, 4) is 17.1 Å². The van der Waals surface area contributed by atoms with Gasteiger partial charge in [-0.25, -0.2) is 14.2 Å². The molecule has 0 radical (unpaired) electrons. The van der Waals surface area contributed by atoms with Gasteiger partial charge in [0.25, 0.3) is 0 Å². The van der Waals surface area contributed by atoms with Crippen LogP contribution in [0.2, 0.25) is 0 Å². The highest BCUT2D eigenvalue weighted by Crippen LogP contribution is 2.27. The van der Waals surface area contributed by atoms with E-state index < -0.39 is 11.8 Å². The van der Waals surface area contributed by atoms with Crippen molar-refractivity contribution in [2.24, 2.45) is 0 Å². The molecule has 1 N–H and O–H groups in total. The second-order valence-electron chi connectivity index (χ2n) is 5.78. The number of benzene rings is 2. The summed E-state index contributed by atoms with van der Waals surface area (Å²) in [5.74, 6) is -1.06. The fraction of sp³-hybridized carbons (Fsp3) is 0. The summed E-state index contributed by atoms with van der Waals surface area (Å²) < 4.78 is 19.0. The number of aromatic nitrogens is 2. The molecule has 2 heterocycles. The maximum absolute atomic E-state index is 13.7. The summed E-state index contributed by atoms with van der Waals surface area (Å²) >= 11 is 1.44. The van der Waals surface area contributed by atoms with Gasteiger partial charge >= 0.3 is 5.97 Å². The first-order valence-corrected chi connectivity index (χ1v) is 9.28. The molecule has 4 aromatic rings. The van der Waals surface area contributed by atoms with Crippen LogP contribution in [0.25, 0.3) is 11.4 Å². The quantitative estimate of drug-likeness (QED) is 0.369. The molecule has 0 aliphatic heterocycles. The van der Waals surface area contributed by atoms with Crippen LogP contribution in [-0.2, 0) is 0 Å². The Balaban J connectivity index is 1.48. The van der Waals surface area contributed by atoms with E-state index in [-0.39, 0.29) is 5.56 Å². The number of nitrogens with one attached hydrogen (secondary N) is 1. The third-order valence-corrected chi connectivity index (χ3v) is 4.58. The minimum absolute atomic E-state index is 0.110. The van der Waals surface area contributed by atoms with Gasteiger partial charge in [-0.05, 0) is 36.4 Å². The Bertz CT molecular complexity index is 1120. The van der Waals surface area contributed by atoms with E-state index in [1.54, 1.807) is 30.5 Å². The van der Waals surface area contributed by atoms with Gasteiger partial charge in [-0.15, -0.1) is 11.3 Å². The van der Waals surface area contributed by atoms with Crippen LogP contribution < -0.4 is 10.1 Å². The summed E-state index contributed by atoms with van der Waals surface area (Å²) in [7, 11) is 0. The van der Waals surface area contributed by atoms with E-state index >= 15 is 0 Å². The van der Waals surface area contributed by atoms with Crippen molar-refractivity contribution in [2.75, 3.05) is 5.32 Å². The summed E-state index contributed by atoms with van der Waals surface area (Å²) in [6, 6.07) is 18.2. The zero-order valence-corrected chi connectivity index (χ0v) is 15.3. The third kappa shape index (κ3) is 4.05. The number of pyridine rings is 1. The molecule has 0 aliphatic carbocycles.